The van der Waals surface area contributed by atoms with Gasteiger partial charge in [0.1, 0.15) is 10.6 Å². The monoisotopic (exact) mass is 347 g/mol. The highest BCUT2D eigenvalue weighted by Crippen LogP contribution is 2.32. The number of nitrogens with one attached hydrogen (secondary N) is 1. The minimum Gasteiger partial charge on any atom is -0.495 e. The van der Waals surface area contributed by atoms with Crippen molar-refractivity contribution in [2.75, 3.05) is 7.11 Å². The summed E-state index contributed by atoms with van der Waals surface area (Å²) < 4.78 is 33.4. The van der Waals surface area contributed by atoms with Gasteiger partial charge in [0.15, 0.2) is 0 Å². The molecule has 0 aliphatic heterocycles. The Kier molecular flexibility index (Phi) is 4.53. The lowest BCUT2D eigenvalue weighted by Gasteiger charge is -2.31. The molecule has 1 N–H and O–H groups in total. The molecule has 0 spiro atoms. The van der Waals surface area contributed by atoms with Crippen LogP contribution in [-0.4, -0.2) is 21.6 Å². The number of ether oxygens (including phenoxy) is 1. The normalized spacial score (nSPS) is 17.8. The molecule has 106 valence electrons. The van der Waals surface area contributed by atoms with E-state index in [0.717, 1.165) is 12.8 Å². The fourth-order valence-corrected chi connectivity index (χ4v) is 4.22. The first-order chi connectivity index (χ1) is 8.94. The largest absolute Gasteiger partial charge is 0.495 e. The molecule has 1 fully saturated rings. The van der Waals surface area contributed by atoms with Crippen LogP contribution < -0.4 is 9.46 Å². The lowest BCUT2D eigenvalue weighted by atomic mass is 9.81. The van der Waals surface area contributed by atoms with Crippen LogP contribution in [-0.2, 0) is 10.0 Å². The van der Waals surface area contributed by atoms with E-state index in [9.17, 15) is 8.42 Å². The molecule has 1 aromatic rings. The first-order valence-corrected chi connectivity index (χ1v) is 8.57. The molecule has 1 aliphatic carbocycles. The summed E-state index contributed by atoms with van der Waals surface area (Å²) in [5.41, 5.74) is 0. The Hall–Kier alpha value is -0.590. The van der Waals surface area contributed by atoms with Gasteiger partial charge in [0.05, 0.1) is 7.11 Å². The van der Waals surface area contributed by atoms with E-state index < -0.39 is 10.0 Å². The maximum absolute atomic E-state index is 12.4. The SMILES string of the molecule is COc1ccc(Br)cc1S(=O)(=O)NC(C)C1CCC1. The molecule has 0 radical (unpaired) electrons. The predicted molar refractivity (Wildman–Crippen MR) is 77.8 cm³/mol. The summed E-state index contributed by atoms with van der Waals surface area (Å²) in [6.45, 7) is 1.92. The fraction of sp³-hybridized carbons (Fsp3) is 0.538. The van der Waals surface area contributed by atoms with E-state index in [1.54, 1.807) is 18.2 Å². The summed E-state index contributed by atoms with van der Waals surface area (Å²) in [5, 5.41) is 0. The third-order valence-corrected chi connectivity index (χ3v) is 5.69. The molecule has 4 nitrogen and oxygen atoms in total. The number of methoxy groups -OCH3 is 1. The minimum absolute atomic E-state index is 0.0394. The molecule has 1 aliphatic rings. The van der Waals surface area contributed by atoms with E-state index in [4.69, 9.17) is 4.74 Å². The summed E-state index contributed by atoms with van der Waals surface area (Å²) >= 11 is 3.29. The third kappa shape index (κ3) is 3.30. The number of hydrogen-bond acceptors (Lipinski definition) is 3. The van der Waals surface area contributed by atoms with Crippen molar-refractivity contribution in [3.05, 3.63) is 22.7 Å². The van der Waals surface area contributed by atoms with Crippen molar-refractivity contribution in [2.45, 2.75) is 37.1 Å². The Balaban J connectivity index is 2.25. The van der Waals surface area contributed by atoms with Crippen LogP contribution in [0.25, 0.3) is 0 Å². The molecule has 6 heteroatoms. The minimum atomic E-state index is -3.55. The average Bonchev–Trinajstić information content (AvgIpc) is 2.25. The lowest BCUT2D eigenvalue weighted by Crippen LogP contribution is -2.40. The quantitative estimate of drug-likeness (QED) is 0.890. The predicted octanol–water partition coefficient (Wildman–Crippen LogP) is 2.92. The van der Waals surface area contributed by atoms with Gasteiger partial charge in [0.2, 0.25) is 10.0 Å². The van der Waals surface area contributed by atoms with Gasteiger partial charge in [-0.05, 0) is 43.9 Å². The maximum atomic E-state index is 12.4. The van der Waals surface area contributed by atoms with Crippen molar-refractivity contribution in [1.82, 2.24) is 4.72 Å². The topological polar surface area (TPSA) is 55.4 Å². The molecule has 0 aromatic heterocycles. The summed E-state index contributed by atoms with van der Waals surface area (Å²) in [5.74, 6) is 0.810. The van der Waals surface area contributed by atoms with E-state index in [1.807, 2.05) is 6.92 Å². The molecule has 1 saturated carbocycles. The van der Waals surface area contributed by atoms with Crippen LogP contribution in [0, 0.1) is 5.92 Å². The Bertz CT molecular complexity index is 555. The number of sulfonamides is 1. The van der Waals surface area contributed by atoms with Crippen LogP contribution in [0.4, 0.5) is 0 Å². The van der Waals surface area contributed by atoms with Gasteiger partial charge in [0, 0.05) is 10.5 Å². The first kappa shape index (κ1) is 14.8. The van der Waals surface area contributed by atoms with Gasteiger partial charge >= 0.3 is 0 Å². The van der Waals surface area contributed by atoms with Crippen LogP contribution >= 0.6 is 15.9 Å². The van der Waals surface area contributed by atoms with E-state index in [0.29, 0.717) is 16.1 Å². The Morgan fingerprint density at radius 2 is 2.11 bits per heavy atom. The molecule has 1 aromatic carbocycles. The smallest absolute Gasteiger partial charge is 0.244 e. The molecule has 0 bridgehead atoms. The van der Waals surface area contributed by atoms with Crippen LogP contribution in [0.5, 0.6) is 5.75 Å². The zero-order valence-corrected chi connectivity index (χ0v) is 13.4. The highest BCUT2D eigenvalue weighted by molar-refractivity contribution is 9.10. The van der Waals surface area contributed by atoms with Gasteiger partial charge in [-0.3, -0.25) is 0 Å². The number of rotatable bonds is 5. The second kappa shape index (κ2) is 5.81. The van der Waals surface area contributed by atoms with E-state index in [-0.39, 0.29) is 10.9 Å². The zero-order chi connectivity index (χ0) is 14.0. The zero-order valence-electron chi connectivity index (χ0n) is 11.0. The maximum Gasteiger partial charge on any atom is 0.244 e. The van der Waals surface area contributed by atoms with Gasteiger partial charge in [0.25, 0.3) is 0 Å². The van der Waals surface area contributed by atoms with Crippen molar-refractivity contribution >= 4 is 26.0 Å². The van der Waals surface area contributed by atoms with E-state index in [2.05, 4.69) is 20.7 Å². The third-order valence-electron chi connectivity index (χ3n) is 3.61. The molecular formula is C13H18BrNO3S. The van der Waals surface area contributed by atoms with E-state index >= 15 is 0 Å². The number of hydrogen-bond donors (Lipinski definition) is 1. The average molecular weight is 348 g/mol. The second-order valence-corrected chi connectivity index (χ2v) is 7.49. The van der Waals surface area contributed by atoms with Crippen molar-refractivity contribution in [3.63, 3.8) is 0 Å². The highest BCUT2D eigenvalue weighted by Gasteiger charge is 2.29. The van der Waals surface area contributed by atoms with Crippen molar-refractivity contribution in [1.29, 1.82) is 0 Å². The van der Waals surface area contributed by atoms with Crippen LogP contribution in [0.1, 0.15) is 26.2 Å². The summed E-state index contributed by atoms with van der Waals surface area (Å²) in [7, 11) is -2.08. The Labute approximate surface area is 122 Å². The second-order valence-electron chi connectivity index (χ2n) is 4.90. The van der Waals surface area contributed by atoms with Gasteiger partial charge in [-0.15, -0.1) is 0 Å². The van der Waals surface area contributed by atoms with Crippen molar-refractivity contribution in [2.24, 2.45) is 5.92 Å². The highest BCUT2D eigenvalue weighted by atomic mass is 79.9. The molecule has 1 unspecified atom stereocenters. The van der Waals surface area contributed by atoms with Gasteiger partial charge in [-0.2, -0.15) is 0 Å². The number of halogens is 1. The molecule has 2 rings (SSSR count). The van der Waals surface area contributed by atoms with Gasteiger partial charge in [-0.25, -0.2) is 13.1 Å². The summed E-state index contributed by atoms with van der Waals surface area (Å²) in [6, 6.07) is 4.93. The van der Waals surface area contributed by atoms with Crippen LogP contribution in [0.3, 0.4) is 0 Å². The Morgan fingerprint density at radius 3 is 2.63 bits per heavy atom. The molecule has 0 amide bonds. The van der Waals surface area contributed by atoms with E-state index in [1.165, 1.54) is 13.5 Å². The Morgan fingerprint density at radius 1 is 1.42 bits per heavy atom. The van der Waals surface area contributed by atoms with Crippen LogP contribution in [0.15, 0.2) is 27.6 Å². The molecule has 0 heterocycles. The van der Waals surface area contributed by atoms with Crippen molar-refractivity contribution in [3.8, 4) is 5.75 Å². The molecule has 1 atom stereocenters. The number of benzene rings is 1. The fourth-order valence-electron chi connectivity index (χ4n) is 2.20. The van der Waals surface area contributed by atoms with Gasteiger partial charge in [-0.1, -0.05) is 22.4 Å². The summed E-state index contributed by atoms with van der Waals surface area (Å²) in [6.07, 6.45) is 3.38. The molecule has 0 saturated heterocycles. The van der Waals surface area contributed by atoms with Gasteiger partial charge < -0.3 is 4.74 Å². The molecular weight excluding hydrogens is 330 g/mol. The standard InChI is InChI=1S/C13H18BrNO3S/c1-9(10-4-3-5-10)15-19(16,17)13-8-11(14)6-7-12(13)18-2/h6-10,15H,3-5H2,1-2H3. The van der Waals surface area contributed by atoms with Crippen molar-refractivity contribution < 1.29 is 13.2 Å². The first-order valence-electron chi connectivity index (χ1n) is 6.30. The van der Waals surface area contributed by atoms with Crippen LogP contribution in [0.2, 0.25) is 0 Å². The lowest BCUT2D eigenvalue weighted by molar-refractivity contribution is 0.260. The molecule has 19 heavy (non-hydrogen) atoms. The summed E-state index contributed by atoms with van der Waals surface area (Å²) in [4.78, 5) is 0.176.